The van der Waals surface area contributed by atoms with Gasteiger partial charge in [0.1, 0.15) is 6.04 Å². The molecule has 0 saturated heterocycles. The minimum atomic E-state index is -2.73. The van der Waals surface area contributed by atoms with Crippen LogP contribution in [0.2, 0.25) is 0 Å². The number of nitrogens with one attached hydrogen (secondary N) is 2. The van der Waals surface area contributed by atoms with E-state index < -0.39 is 224 Å². The van der Waals surface area contributed by atoms with Crippen LogP contribution in [0.15, 0.2) is 34.5 Å². The minimum Gasteiger partial charge on any atom is -0.354 e. The molecule has 2 N–H and O–H groups in total. The maximum absolute atomic E-state index is 16.1. The van der Waals surface area contributed by atoms with Crippen molar-refractivity contribution in [2.75, 3.05) is 6.54 Å². The van der Waals surface area contributed by atoms with Gasteiger partial charge in [0.05, 0.1) is 57.5 Å². The summed E-state index contributed by atoms with van der Waals surface area (Å²) in [6.07, 6.45) is 1.20. The highest BCUT2D eigenvalue weighted by Crippen LogP contribution is 2.52. The SMILES string of the molecule is Fc1c(F)c(F)c(-c2c3nc(c(-c4c(F)c(F)c(F)c(F)c4F)c4ccc([nH]4)c(-c4c(F)c(F)c(F)c(F)c4F)c4nc(c(-c5c(F)c(F)c(F)c(F)c5F)c5ccc2[nH]5)C2CN=NC42)C=C3)c(F)c1F. The first kappa shape index (κ1) is 46.7. The van der Waals surface area contributed by atoms with E-state index in [1.165, 1.54) is 0 Å². The van der Waals surface area contributed by atoms with Gasteiger partial charge in [-0.1, -0.05) is 0 Å². The summed E-state index contributed by atoms with van der Waals surface area (Å²) in [4.78, 5) is 12.7. The molecular formula is C45H12F20N6. The van der Waals surface area contributed by atoms with Crippen LogP contribution in [0, 0.1) is 116 Å². The van der Waals surface area contributed by atoms with Crippen molar-refractivity contribution in [1.29, 1.82) is 0 Å². The third kappa shape index (κ3) is 6.51. The van der Waals surface area contributed by atoms with Crippen molar-refractivity contribution in [3.8, 4) is 44.5 Å². The molecule has 26 heteroatoms. The van der Waals surface area contributed by atoms with Crippen LogP contribution in [0.3, 0.4) is 0 Å². The summed E-state index contributed by atoms with van der Waals surface area (Å²) in [5, 5.41) is 7.63. The smallest absolute Gasteiger partial charge is 0.200 e. The fourth-order valence-electron chi connectivity index (χ4n) is 8.52. The maximum Gasteiger partial charge on any atom is 0.200 e. The van der Waals surface area contributed by atoms with Crippen LogP contribution < -0.4 is 0 Å². The normalized spacial score (nSPS) is 15.2. The van der Waals surface area contributed by atoms with Gasteiger partial charge in [-0.2, -0.15) is 10.2 Å². The van der Waals surface area contributed by atoms with Crippen LogP contribution >= 0.6 is 0 Å². The van der Waals surface area contributed by atoms with Crippen molar-refractivity contribution in [3.05, 3.63) is 163 Å². The van der Waals surface area contributed by atoms with Crippen molar-refractivity contribution in [3.63, 3.8) is 0 Å². The van der Waals surface area contributed by atoms with E-state index in [1.807, 2.05) is 0 Å². The van der Waals surface area contributed by atoms with Gasteiger partial charge in [0.25, 0.3) is 0 Å². The molecule has 0 spiro atoms. The lowest BCUT2D eigenvalue weighted by molar-refractivity contribution is 0.381. The second kappa shape index (κ2) is 16.3. The van der Waals surface area contributed by atoms with Crippen LogP contribution in [0.5, 0.6) is 0 Å². The van der Waals surface area contributed by atoms with E-state index in [1.54, 1.807) is 0 Å². The third-order valence-corrected chi connectivity index (χ3v) is 11.7. The van der Waals surface area contributed by atoms with Crippen molar-refractivity contribution >= 4 is 34.2 Å². The van der Waals surface area contributed by atoms with Crippen LogP contribution in [-0.2, 0) is 0 Å². The zero-order chi connectivity index (χ0) is 51.1. The number of H-pyrrole nitrogens is 2. The van der Waals surface area contributed by atoms with Gasteiger partial charge in [0.15, 0.2) is 93.1 Å². The lowest BCUT2D eigenvalue weighted by atomic mass is 9.90. The Morgan fingerprint density at radius 3 is 0.901 bits per heavy atom. The quantitative estimate of drug-likeness (QED) is 0.105. The Morgan fingerprint density at radius 2 is 0.577 bits per heavy atom. The number of hydrogen-bond donors (Lipinski definition) is 2. The first-order valence-corrected chi connectivity index (χ1v) is 19.5. The summed E-state index contributed by atoms with van der Waals surface area (Å²) < 4.78 is 307. The van der Waals surface area contributed by atoms with Crippen LogP contribution in [0.4, 0.5) is 87.8 Å². The second-order valence-electron chi connectivity index (χ2n) is 15.4. The summed E-state index contributed by atoms with van der Waals surface area (Å²) in [5.41, 5.74) is -20.5. The first-order chi connectivity index (χ1) is 33.6. The summed E-state index contributed by atoms with van der Waals surface area (Å²) in [7, 11) is 0. The Bertz CT molecular complexity index is 3730. The Morgan fingerprint density at radius 1 is 0.310 bits per heavy atom. The van der Waals surface area contributed by atoms with Gasteiger partial charge in [-0.3, -0.25) is 4.98 Å². The summed E-state index contributed by atoms with van der Waals surface area (Å²) in [5.74, 6) is -54.5. The average Bonchev–Trinajstić information content (AvgIpc) is 4.23. The monoisotopic (exact) mass is 1020 g/mol. The fourth-order valence-corrected chi connectivity index (χ4v) is 8.52. The minimum absolute atomic E-state index is 0.601. The Hall–Kier alpha value is -8.06. The van der Waals surface area contributed by atoms with Gasteiger partial charge in [-0.05, 0) is 36.4 Å². The van der Waals surface area contributed by atoms with E-state index in [9.17, 15) is 17.6 Å². The van der Waals surface area contributed by atoms with E-state index in [-0.39, 0.29) is 0 Å². The van der Waals surface area contributed by atoms with E-state index >= 15 is 70.2 Å². The molecule has 0 fully saturated rings. The van der Waals surface area contributed by atoms with Crippen molar-refractivity contribution in [2.45, 2.75) is 12.0 Å². The van der Waals surface area contributed by atoms with Crippen molar-refractivity contribution in [2.24, 2.45) is 10.2 Å². The highest BCUT2D eigenvalue weighted by molar-refractivity contribution is 5.98. The van der Waals surface area contributed by atoms with E-state index in [4.69, 9.17) is 0 Å². The summed E-state index contributed by atoms with van der Waals surface area (Å²) >= 11 is 0. The van der Waals surface area contributed by atoms with Crippen molar-refractivity contribution in [1.82, 2.24) is 19.9 Å². The topological polar surface area (TPSA) is 82.1 Å². The number of rotatable bonds is 4. The summed E-state index contributed by atoms with van der Waals surface area (Å²) in [6.45, 7) is -0.736. The lowest BCUT2D eigenvalue weighted by Gasteiger charge is -2.14. The molecule has 2 unspecified atom stereocenters. The fraction of sp³-hybridized carbons (Fsp3) is 0.0667. The average molecular weight is 1020 g/mol. The number of benzene rings is 4. The molecule has 0 saturated carbocycles. The van der Waals surface area contributed by atoms with Gasteiger partial charge in [0.2, 0.25) is 23.3 Å². The molecule has 0 radical (unpaired) electrons. The largest absolute Gasteiger partial charge is 0.354 e. The predicted octanol–water partition coefficient (Wildman–Crippen LogP) is 14.2. The number of aromatic nitrogens is 4. The van der Waals surface area contributed by atoms with Gasteiger partial charge < -0.3 is 9.97 Å². The van der Waals surface area contributed by atoms with E-state index in [0.29, 0.717) is 36.4 Å². The first-order valence-electron chi connectivity index (χ1n) is 19.5. The van der Waals surface area contributed by atoms with Gasteiger partial charge in [-0.15, -0.1) is 0 Å². The molecule has 6 heterocycles. The molecule has 0 amide bonds. The van der Waals surface area contributed by atoms with Crippen molar-refractivity contribution < 1.29 is 87.8 Å². The molecule has 8 bridgehead atoms. The van der Waals surface area contributed by atoms with E-state index in [2.05, 4.69) is 30.2 Å². The lowest BCUT2D eigenvalue weighted by Crippen LogP contribution is -2.08. The number of halogens is 20. The highest BCUT2D eigenvalue weighted by atomic mass is 19.2. The molecule has 3 aliphatic rings. The van der Waals surface area contributed by atoms with Crippen LogP contribution in [0.1, 0.15) is 34.7 Å². The highest BCUT2D eigenvalue weighted by Gasteiger charge is 2.43. The molecule has 71 heavy (non-hydrogen) atoms. The Balaban J connectivity index is 1.53. The number of hydrogen-bond acceptors (Lipinski definition) is 4. The zero-order valence-electron chi connectivity index (χ0n) is 33.7. The predicted molar refractivity (Wildman–Crippen MR) is 206 cm³/mol. The number of fused-ring (bicyclic) bond motifs is 11. The standard InChI is InChI=1S/C45H12F20N6/c46-23-19(24(47)32(55)39(62)31(23)54)15-9-1-2-10(67-9)16(20-25(48)33(56)40(63)34(57)26(20)49)12-4-6-14(69-12)18(22-29(52)37(60)42(65)38(61)30(22)53)45-44-8(7-66-71-44)43(70-45)17(13-5-3-11(15)68-13)21-27(50)35(58)41(64)36(59)28(21)51/h1-6,8,44,68-69H,7H2. The van der Waals surface area contributed by atoms with Gasteiger partial charge >= 0.3 is 0 Å². The summed E-state index contributed by atoms with van der Waals surface area (Å²) in [6, 6.07) is 0.632. The Labute approximate surface area is 378 Å². The van der Waals surface area contributed by atoms with E-state index in [0.717, 1.165) is 0 Å². The zero-order valence-corrected chi connectivity index (χ0v) is 33.7. The molecule has 7 aromatic rings. The van der Waals surface area contributed by atoms with Gasteiger partial charge in [0, 0.05) is 44.3 Å². The molecule has 362 valence electrons. The second-order valence-corrected chi connectivity index (χ2v) is 15.4. The Kier molecular flexibility index (Phi) is 10.7. The molecule has 4 aromatic carbocycles. The molecule has 2 atom stereocenters. The van der Waals surface area contributed by atoms with Crippen LogP contribution in [-0.4, -0.2) is 26.5 Å². The maximum atomic E-state index is 16.1. The molecule has 3 aliphatic heterocycles. The van der Waals surface area contributed by atoms with Gasteiger partial charge in [-0.25, -0.2) is 92.8 Å². The third-order valence-electron chi connectivity index (χ3n) is 11.7. The molecule has 0 aliphatic carbocycles. The molecule has 10 rings (SSSR count). The number of azo groups is 1. The number of nitrogens with zero attached hydrogens (tertiary/aromatic N) is 4. The number of aromatic amines is 2. The molecule has 3 aromatic heterocycles. The molecule has 6 nitrogen and oxygen atoms in total. The molecular weight excluding hydrogens is 1000 g/mol. The van der Waals surface area contributed by atoms with Crippen LogP contribution in [0.25, 0.3) is 78.7 Å².